The van der Waals surface area contributed by atoms with Gasteiger partial charge in [-0.05, 0) is 30.3 Å². The van der Waals surface area contributed by atoms with Gasteiger partial charge in [0.25, 0.3) is 0 Å². The molecule has 0 aliphatic heterocycles. The van der Waals surface area contributed by atoms with E-state index in [1.807, 2.05) is 23.6 Å². The zero-order valence-corrected chi connectivity index (χ0v) is 12.3. The van der Waals surface area contributed by atoms with Gasteiger partial charge in [0.15, 0.2) is 10.8 Å². The SMILES string of the molecule is N#Cc1ccc(OCc2csc(-c3ccco3)n2)c(Cl)c1. The van der Waals surface area contributed by atoms with E-state index in [9.17, 15) is 0 Å². The standard InChI is InChI=1S/C15H9ClN2O2S/c16-12-6-10(7-17)3-4-13(12)20-8-11-9-21-15(18-11)14-2-1-5-19-14/h1-6,9H,8H2. The second-order valence-corrected chi connectivity index (χ2v) is 5.43. The molecule has 3 rings (SSSR count). The average Bonchev–Trinajstić information content (AvgIpc) is 3.16. The summed E-state index contributed by atoms with van der Waals surface area (Å²) < 4.78 is 10.9. The van der Waals surface area contributed by atoms with Gasteiger partial charge in [-0.25, -0.2) is 4.98 Å². The number of nitrogens with zero attached hydrogens (tertiary/aromatic N) is 2. The molecule has 0 spiro atoms. The summed E-state index contributed by atoms with van der Waals surface area (Å²) >= 11 is 7.54. The summed E-state index contributed by atoms with van der Waals surface area (Å²) in [5, 5.41) is 11.9. The predicted molar refractivity (Wildman–Crippen MR) is 80.3 cm³/mol. The van der Waals surface area contributed by atoms with Crippen LogP contribution in [0.3, 0.4) is 0 Å². The average molecular weight is 317 g/mol. The minimum Gasteiger partial charge on any atom is -0.486 e. The topological polar surface area (TPSA) is 59.0 Å². The van der Waals surface area contributed by atoms with E-state index < -0.39 is 0 Å². The molecule has 0 radical (unpaired) electrons. The monoisotopic (exact) mass is 316 g/mol. The van der Waals surface area contributed by atoms with Crippen molar-refractivity contribution < 1.29 is 9.15 Å². The van der Waals surface area contributed by atoms with Crippen LogP contribution in [0.4, 0.5) is 0 Å². The smallest absolute Gasteiger partial charge is 0.162 e. The van der Waals surface area contributed by atoms with E-state index in [0.717, 1.165) is 16.5 Å². The Labute approximate surface area is 130 Å². The van der Waals surface area contributed by atoms with Gasteiger partial charge in [0.05, 0.1) is 28.6 Å². The van der Waals surface area contributed by atoms with Gasteiger partial charge >= 0.3 is 0 Å². The quantitative estimate of drug-likeness (QED) is 0.710. The van der Waals surface area contributed by atoms with Crippen LogP contribution in [0, 0.1) is 11.3 Å². The van der Waals surface area contributed by atoms with Crippen molar-refractivity contribution in [3.05, 3.63) is 58.3 Å². The number of hydrogen-bond donors (Lipinski definition) is 0. The summed E-state index contributed by atoms with van der Waals surface area (Å²) in [4.78, 5) is 4.44. The zero-order chi connectivity index (χ0) is 14.7. The van der Waals surface area contributed by atoms with Crippen LogP contribution in [0.1, 0.15) is 11.3 Å². The van der Waals surface area contributed by atoms with E-state index in [0.29, 0.717) is 22.9 Å². The highest BCUT2D eigenvalue weighted by atomic mass is 35.5. The van der Waals surface area contributed by atoms with Crippen LogP contribution in [0.5, 0.6) is 5.75 Å². The summed E-state index contributed by atoms with van der Waals surface area (Å²) in [6.07, 6.45) is 1.61. The van der Waals surface area contributed by atoms with Gasteiger partial charge in [-0.15, -0.1) is 11.3 Å². The number of thiazole rings is 1. The Hall–Kier alpha value is -2.29. The molecule has 0 atom stereocenters. The molecule has 1 aromatic carbocycles. The first-order chi connectivity index (χ1) is 10.3. The second-order valence-electron chi connectivity index (χ2n) is 4.17. The number of furan rings is 1. The molecule has 4 nitrogen and oxygen atoms in total. The number of rotatable bonds is 4. The first-order valence-electron chi connectivity index (χ1n) is 6.07. The molecule has 0 unspecified atom stereocenters. The van der Waals surface area contributed by atoms with Crippen molar-refractivity contribution in [3.63, 3.8) is 0 Å². The highest BCUT2D eigenvalue weighted by molar-refractivity contribution is 7.13. The van der Waals surface area contributed by atoms with Crippen LogP contribution >= 0.6 is 22.9 Å². The van der Waals surface area contributed by atoms with Gasteiger partial charge in [0, 0.05) is 5.38 Å². The van der Waals surface area contributed by atoms with Crippen molar-refractivity contribution in [2.24, 2.45) is 0 Å². The van der Waals surface area contributed by atoms with Gasteiger partial charge in [0.1, 0.15) is 12.4 Å². The van der Waals surface area contributed by atoms with E-state index in [4.69, 9.17) is 26.0 Å². The van der Waals surface area contributed by atoms with Crippen molar-refractivity contribution in [2.45, 2.75) is 6.61 Å². The fourth-order valence-corrected chi connectivity index (χ4v) is 2.73. The van der Waals surface area contributed by atoms with Crippen LogP contribution in [-0.2, 0) is 6.61 Å². The van der Waals surface area contributed by atoms with Crippen LogP contribution in [0.15, 0.2) is 46.4 Å². The number of aromatic nitrogens is 1. The minimum absolute atomic E-state index is 0.308. The summed E-state index contributed by atoms with van der Waals surface area (Å²) in [6, 6.07) is 10.6. The highest BCUT2D eigenvalue weighted by Gasteiger charge is 2.09. The first-order valence-corrected chi connectivity index (χ1v) is 7.33. The molecule has 6 heteroatoms. The number of ether oxygens (including phenoxy) is 1. The Balaban J connectivity index is 1.70. The number of halogens is 1. The van der Waals surface area contributed by atoms with E-state index in [1.54, 1.807) is 24.5 Å². The molecular formula is C15H9ClN2O2S. The fourth-order valence-electron chi connectivity index (χ4n) is 1.73. The number of hydrogen-bond acceptors (Lipinski definition) is 5. The molecule has 0 amide bonds. The molecule has 0 fully saturated rings. The molecule has 21 heavy (non-hydrogen) atoms. The molecule has 3 aromatic rings. The Morgan fingerprint density at radius 2 is 2.29 bits per heavy atom. The molecular weight excluding hydrogens is 308 g/mol. The van der Waals surface area contributed by atoms with Crippen molar-refractivity contribution in [1.82, 2.24) is 4.98 Å². The predicted octanol–water partition coefficient (Wildman–Crippen LogP) is 4.51. The molecule has 0 aliphatic rings. The zero-order valence-electron chi connectivity index (χ0n) is 10.7. The van der Waals surface area contributed by atoms with Crippen LogP contribution in [0.2, 0.25) is 5.02 Å². The molecule has 0 N–H and O–H groups in total. The van der Waals surface area contributed by atoms with Gasteiger partial charge < -0.3 is 9.15 Å². The Morgan fingerprint density at radius 3 is 3.00 bits per heavy atom. The summed E-state index contributed by atoms with van der Waals surface area (Å²) in [5.41, 5.74) is 1.30. The minimum atomic E-state index is 0.308. The molecule has 0 aliphatic carbocycles. The molecule has 0 saturated carbocycles. The first kappa shape index (κ1) is 13.7. The summed E-state index contributed by atoms with van der Waals surface area (Å²) in [7, 11) is 0. The molecule has 104 valence electrons. The molecule has 2 aromatic heterocycles. The maximum atomic E-state index is 8.79. The van der Waals surface area contributed by atoms with Crippen LogP contribution in [-0.4, -0.2) is 4.98 Å². The number of nitriles is 1. The van der Waals surface area contributed by atoms with E-state index in [-0.39, 0.29) is 0 Å². The lowest BCUT2D eigenvalue weighted by Crippen LogP contribution is -1.96. The molecule has 0 bridgehead atoms. The highest BCUT2D eigenvalue weighted by Crippen LogP contribution is 2.27. The van der Waals surface area contributed by atoms with Gasteiger partial charge in [-0.3, -0.25) is 0 Å². The third-order valence-corrected chi connectivity index (χ3v) is 3.92. The van der Waals surface area contributed by atoms with E-state index in [2.05, 4.69) is 4.98 Å². The number of benzene rings is 1. The Kier molecular flexibility index (Phi) is 3.91. The van der Waals surface area contributed by atoms with E-state index in [1.165, 1.54) is 11.3 Å². The third kappa shape index (κ3) is 3.07. The van der Waals surface area contributed by atoms with Crippen molar-refractivity contribution in [3.8, 4) is 22.6 Å². The summed E-state index contributed by atoms with van der Waals surface area (Å²) in [6.45, 7) is 0.308. The van der Waals surface area contributed by atoms with Gasteiger partial charge in [-0.2, -0.15) is 5.26 Å². The lowest BCUT2D eigenvalue weighted by Gasteiger charge is -2.06. The van der Waals surface area contributed by atoms with Crippen molar-refractivity contribution in [2.75, 3.05) is 0 Å². The summed E-state index contributed by atoms with van der Waals surface area (Å²) in [5.74, 6) is 1.27. The lowest BCUT2D eigenvalue weighted by molar-refractivity contribution is 0.302. The van der Waals surface area contributed by atoms with Crippen LogP contribution in [0.25, 0.3) is 10.8 Å². The third-order valence-electron chi connectivity index (χ3n) is 2.72. The Morgan fingerprint density at radius 1 is 1.38 bits per heavy atom. The largest absolute Gasteiger partial charge is 0.486 e. The maximum Gasteiger partial charge on any atom is 0.162 e. The Bertz CT molecular complexity index is 790. The second kappa shape index (κ2) is 6.00. The van der Waals surface area contributed by atoms with E-state index >= 15 is 0 Å². The normalized spacial score (nSPS) is 10.3. The van der Waals surface area contributed by atoms with Crippen LogP contribution < -0.4 is 4.74 Å². The lowest BCUT2D eigenvalue weighted by atomic mass is 10.2. The van der Waals surface area contributed by atoms with Crippen molar-refractivity contribution >= 4 is 22.9 Å². The molecule has 0 saturated heterocycles. The fraction of sp³-hybridized carbons (Fsp3) is 0.0667. The molecule has 2 heterocycles. The van der Waals surface area contributed by atoms with Gasteiger partial charge in [0.2, 0.25) is 0 Å². The van der Waals surface area contributed by atoms with Crippen molar-refractivity contribution in [1.29, 1.82) is 5.26 Å². The van der Waals surface area contributed by atoms with Gasteiger partial charge in [-0.1, -0.05) is 11.6 Å². The maximum absolute atomic E-state index is 8.79.